The van der Waals surface area contributed by atoms with Crippen molar-refractivity contribution in [1.29, 1.82) is 0 Å². The lowest BCUT2D eigenvalue weighted by atomic mass is 9.54. The van der Waals surface area contributed by atoms with Gasteiger partial charge in [0.05, 0.1) is 42.5 Å². The molecule has 0 spiro atoms. The molecule has 3 aliphatic carbocycles. The number of nitrogens with zero attached hydrogens (tertiary/aromatic N) is 1. The van der Waals surface area contributed by atoms with Crippen LogP contribution in [0.3, 0.4) is 0 Å². The topological polar surface area (TPSA) is 252 Å². The average molecular weight is 648 g/mol. The summed E-state index contributed by atoms with van der Waals surface area (Å²) in [5.41, 5.74) is 2.65. The molecule has 6 atom stereocenters. The van der Waals surface area contributed by atoms with Gasteiger partial charge in [-0.15, -0.1) is 0 Å². The van der Waals surface area contributed by atoms with Crippen LogP contribution < -0.4 is 21.8 Å². The van der Waals surface area contributed by atoms with E-state index in [0.29, 0.717) is 16.7 Å². The first-order valence-electron chi connectivity index (χ1n) is 14.8. The first-order chi connectivity index (χ1) is 22.1. The van der Waals surface area contributed by atoms with Gasteiger partial charge in [0.2, 0.25) is 11.7 Å². The molecule has 0 bridgehead atoms. The zero-order valence-corrected chi connectivity index (χ0v) is 25.5. The van der Waals surface area contributed by atoms with E-state index < -0.39 is 94.4 Å². The van der Waals surface area contributed by atoms with Gasteiger partial charge < -0.3 is 51.6 Å². The number of primary amides is 1. The number of rotatable bonds is 6. The first kappa shape index (κ1) is 32.2. The Morgan fingerprint density at radius 2 is 1.85 bits per heavy atom. The second-order valence-corrected chi connectivity index (χ2v) is 12.5. The lowest BCUT2D eigenvalue weighted by Gasteiger charge is -2.53. The molecular weight excluding hydrogens is 615 g/mol. The number of carbonyl (C=O) groups excluding carboxylic acids is 4. The third-order valence-corrected chi connectivity index (χ3v) is 9.66. The molecule has 0 aromatic heterocycles. The number of anilines is 2. The average Bonchev–Trinajstić information content (AvgIpc) is 3.37. The number of amides is 2. The molecule has 1 aliphatic heterocycles. The molecular formula is C31H33BN4O11. The molecule has 2 aromatic carbocycles. The number of ketones is 2. The third-order valence-electron chi connectivity index (χ3n) is 9.66. The molecule has 0 radical (unpaired) electrons. The van der Waals surface area contributed by atoms with E-state index in [-0.39, 0.29) is 24.4 Å². The summed E-state index contributed by atoms with van der Waals surface area (Å²) in [6, 6.07) is 6.48. The van der Waals surface area contributed by atoms with Crippen molar-refractivity contribution >= 4 is 53.1 Å². The molecule has 0 unspecified atom stereocenters. The van der Waals surface area contributed by atoms with Gasteiger partial charge >= 0.3 is 7.12 Å². The molecule has 15 nitrogen and oxygen atoms in total. The van der Waals surface area contributed by atoms with Crippen LogP contribution in [0.25, 0.3) is 5.76 Å². The van der Waals surface area contributed by atoms with Crippen molar-refractivity contribution in [3.8, 4) is 5.75 Å². The van der Waals surface area contributed by atoms with Gasteiger partial charge in [0, 0.05) is 17.2 Å². The van der Waals surface area contributed by atoms with Crippen LogP contribution in [-0.4, -0.2) is 104 Å². The highest BCUT2D eigenvalue weighted by Crippen LogP contribution is 2.56. The fraction of sp³-hybridized carbons (Fsp3) is 0.355. The van der Waals surface area contributed by atoms with Crippen LogP contribution in [0.1, 0.15) is 29.5 Å². The van der Waals surface area contributed by atoms with Crippen LogP contribution in [-0.2, 0) is 30.4 Å². The highest BCUT2D eigenvalue weighted by molar-refractivity contribution is 6.61. The molecule has 246 valence electrons. The van der Waals surface area contributed by atoms with E-state index in [1.54, 1.807) is 25.1 Å². The minimum Gasteiger partial charge on any atom is -0.508 e. The Bertz CT molecular complexity index is 1820. The third kappa shape index (κ3) is 4.63. The SMILES string of the molecule is C[C@H]1c2ccc(NCC(=O)Nc3ccc4c(c3)B(O)OC4)c(O)c2C(O)=C2C(=O)[C@]3(O)C(O)=C(C(N)=O)C(=O)[C@@H](N(C)C)[C@@H]3[C@@H](O)[C@@H]21. The Morgan fingerprint density at radius 1 is 1.15 bits per heavy atom. The van der Waals surface area contributed by atoms with E-state index in [2.05, 4.69) is 10.6 Å². The molecule has 4 aliphatic rings. The van der Waals surface area contributed by atoms with Gasteiger partial charge in [0.15, 0.2) is 11.4 Å². The second-order valence-electron chi connectivity index (χ2n) is 12.5. The summed E-state index contributed by atoms with van der Waals surface area (Å²) in [4.78, 5) is 53.6. The molecule has 0 saturated heterocycles. The summed E-state index contributed by atoms with van der Waals surface area (Å²) in [5.74, 6) is -10.4. The maximum Gasteiger partial charge on any atom is 0.491 e. The quantitative estimate of drug-likeness (QED) is 0.101. The van der Waals surface area contributed by atoms with Crippen LogP contribution in [0.4, 0.5) is 11.4 Å². The number of carbonyl (C=O) groups is 4. The summed E-state index contributed by atoms with van der Waals surface area (Å²) >= 11 is 0. The summed E-state index contributed by atoms with van der Waals surface area (Å²) in [6.45, 7) is 1.53. The Morgan fingerprint density at radius 3 is 2.51 bits per heavy atom. The largest absolute Gasteiger partial charge is 0.508 e. The molecule has 1 fully saturated rings. The minimum atomic E-state index is -3.02. The number of fused-ring (bicyclic) bond motifs is 4. The predicted octanol–water partition coefficient (Wildman–Crippen LogP) is -1.24. The van der Waals surface area contributed by atoms with E-state index >= 15 is 0 Å². The van der Waals surface area contributed by atoms with Crippen molar-refractivity contribution in [1.82, 2.24) is 4.90 Å². The molecule has 6 rings (SSSR count). The smallest absolute Gasteiger partial charge is 0.491 e. The van der Waals surface area contributed by atoms with Gasteiger partial charge in [-0.05, 0) is 54.8 Å². The number of aromatic hydroxyl groups is 1. The fourth-order valence-electron chi connectivity index (χ4n) is 7.43. The number of likely N-dealkylation sites (N-methyl/N-ethyl adjacent to an activating group) is 1. The normalized spacial score (nSPS) is 28.1. The molecule has 2 aromatic rings. The number of aliphatic hydroxyl groups is 4. The first-order valence-corrected chi connectivity index (χ1v) is 14.8. The van der Waals surface area contributed by atoms with E-state index in [4.69, 9.17) is 10.4 Å². The highest BCUT2D eigenvalue weighted by Gasteiger charge is 2.68. The number of hydrogen-bond donors (Lipinski definition) is 9. The van der Waals surface area contributed by atoms with Gasteiger partial charge in [0.1, 0.15) is 22.8 Å². The predicted molar refractivity (Wildman–Crippen MR) is 166 cm³/mol. The molecule has 16 heteroatoms. The van der Waals surface area contributed by atoms with Gasteiger partial charge in [0.25, 0.3) is 5.91 Å². The molecule has 10 N–H and O–H groups in total. The number of nitrogens with one attached hydrogen (secondary N) is 2. The van der Waals surface area contributed by atoms with Crippen molar-refractivity contribution in [2.45, 2.75) is 37.2 Å². The van der Waals surface area contributed by atoms with Gasteiger partial charge in [-0.2, -0.15) is 0 Å². The standard InChI is InChI=1S/C31H33BN4O11/c1-11-14-6-7-16(34-9-17(37)35-13-5-4-12-10-47-32(46)15(12)8-13)24(38)19(14)25(39)20-18(11)26(40)22-23(36(2)3)27(41)21(30(33)44)29(43)31(22,45)28(20)42/h4-8,11,18,22-23,26,34,38-40,43,45-46H,9-10H2,1-3H3,(H2,33,44)(H,35,37)/t11-,18+,22+,23-,26-,31-/m0/s1. The Hall–Kier alpha value is -4.74. The monoisotopic (exact) mass is 648 g/mol. The lowest BCUT2D eigenvalue weighted by Crippen LogP contribution is -2.70. The fourth-order valence-corrected chi connectivity index (χ4v) is 7.43. The molecule has 1 heterocycles. The Kier molecular flexibility index (Phi) is 7.68. The van der Waals surface area contributed by atoms with Crippen LogP contribution in [0.5, 0.6) is 5.75 Å². The number of benzene rings is 2. The zero-order chi connectivity index (χ0) is 34.3. The number of phenols is 1. The van der Waals surface area contributed by atoms with Crippen molar-refractivity contribution in [3.05, 3.63) is 63.9 Å². The van der Waals surface area contributed by atoms with Crippen LogP contribution in [0.2, 0.25) is 0 Å². The Labute approximate surface area is 268 Å². The van der Waals surface area contributed by atoms with Gasteiger partial charge in [-0.3, -0.25) is 24.1 Å². The minimum absolute atomic E-state index is 0.00423. The summed E-state index contributed by atoms with van der Waals surface area (Å²) < 4.78 is 5.16. The van der Waals surface area contributed by atoms with Crippen LogP contribution >= 0.6 is 0 Å². The summed E-state index contributed by atoms with van der Waals surface area (Å²) in [6.07, 6.45) is -1.71. The number of phenolic OH excluding ortho intramolecular Hbond substituents is 1. The summed E-state index contributed by atoms with van der Waals surface area (Å²) in [7, 11) is 1.77. The second kappa shape index (κ2) is 11.2. The van der Waals surface area contributed by atoms with Gasteiger partial charge in [-0.25, -0.2) is 0 Å². The number of Topliss-reactive ketones (excluding diaryl/α,β-unsaturated/α-hetero) is 2. The van der Waals surface area contributed by atoms with Crippen molar-refractivity contribution in [2.75, 3.05) is 31.3 Å². The van der Waals surface area contributed by atoms with E-state index in [1.807, 2.05) is 0 Å². The number of nitrogens with two attached hydrogens (primary N) is 1. The van der Waals surface area contributed by atoms with Crippen molar-refractivity contribution < 1.29 is 54.4 Å². The number of aliphatic hydroxyl groups excluding tert-OH is 3. The van der Waals surface area contributed by atoms with E-state index in [1.165, 1.54) is 31.1 Å². The zero-order valence-electron chi connectivity index (χ0n) is 25.5. The maximum absolute atomic E-state index is 14.1. The molecule has 1 saturated carbocycles. The number of hydrogen-bond acceptors (Lipinski definition) is 13. The van der Waals surface area contributed by atoms with E-state index in [9.17, 15) is 49.7 Å². The van der Waals surface area contributed by atoms with Crippen molar-refractivity contribution in [3.63, 3.8) is 0 Å². The maximum atomic E-state index is 14.1. The highest BCUT2D eigenvalue weighted by atomic mass is 16.5. The Balaban J connectivity index is 1.34. The summed E-state index contributed by atoms with van der Waals surface area (Å²) in [5, 5.41) is 72.7. The van der Waals surface area contributed by atoms with Crippen LogP contribution in [0.15, 0.2) is 47.2 Å². The van der Waals surface area contributed by atoms with Crippen molar-refractivity contribution in [2.24, 2.45) is 17.6 Å². The van der Waals surface area contributed by atoms with E-state index in [0.717, 1.165) is 5.56 Å². The molecule has 2 amide bonds. The van der Waals surface area contributed by atoms with Gasteiger partial charge in [-0.1, -0.05) is 19.1 Å². The van der Waals surface area contributed by atoms with Crippen LogP contribution in [0, 0.1) is 11.8 Å². The molecule has 47 heavy (non-hydrogen) atoms. The lowest BCUT2D eigenvalue weighted by molar-refractivity contribution is -0.169.